The normalized spacial score (nSPS) is 13.0. The van der Waals surface area contributed by atoms with Crippen LogP contribution < -0.4 is 11.5 Å². The van der Waals surface area contributed by atoms with Gasteiger partial charge in [-0.25, -0.2) is 0 Å². The molecule has 2 rings (SSSR count). The zero-order valence-electron chi connectivity index (χ0n) is 14.6. The number of carbonyl (C=O) groups is 2. The number of aliphatic carboxylic acids is 2. The first-order chi connectivity index (χ1) is 11.7. The number of fused-ring (bicyclic) bond motifs is 1. The molecule has 0 saturated carbocycles. The molecule has 0 amide bonds. The van der Waals surface area contributed by atoms with Crippen LogP contribution in [0.2, 0.25) is 0 Å². The summed E-state index contributed by atoms with van der Waals surface area (Å²) < 4.78 is 0. The molecule has 6 heteroatoms. The summed E-state index contributed by atoms with van der Waals surface area (Å²) >= 11 is 0. The van der Waals surface area contributed by atoms with Gasteiger partial charge in [-0.05, 0) is 35.1 Å². The van der Waals surface area contributed by atoms with Gasteiger partial charge in [0.1, 0.15) is 12.1 Å². The lowest BCUT2D eigenvalue weighted by molar-refractivity contribution is -0.139. The Morgan fingerprint density at radius 1 is 0.920 bits per heavy atom. The van der Waals surface area contributed by atoms with Crippen molar-refractivity contribution < 1.29 is 19.8 Å². The van der Waals surface area contributed by atoms with E-state index in [-0.39, 0.29) is 0 Å². The zero-order chi connectivity index (χ0) is 19.0. The Hall–Kier alpha value is -2.44. The Bertz CT molecular complexity index is 710. The minimum absolute atomic E-state index is 0.357. The third-order valence-corrected chi connectivity index (χ3v) is 3.68. The highest BCUT2D eigenvalue weighted by Crippen LogP contribution is 2.19. The van der Waals surface area contributed by atoms with Gasteiger partial charge in [0.15, 0.2) is 0 Å². The van der Waals surface area contributed by atoms with Crippen molar-refractivity contribution in [3.05, 3.63) is 48.0 Å². The van der Waals surface area contributed by atoms with Crippen molar-refractivity contribution in [2.24, 2.45) is 17.4 Å². The topological polar surface area (TPSA) is 127 Å². The van der Waals surface area contributed by atoms with Crippen molar-refractivity contribution in [2.45, 2.75) is 38.8 Å². The van der Waals surface area contributed by atoms with Gasteiger partial charge in [-0.2, -0.15) is 0 Å². The van der Waals surface area contributed by atoms with Gasteiger partial charge in [0, 0.05) is 0 Å². The summed E-state index contributed by atoms with van der Waals surface area (Å²) in [7, 11) is 0. The molecule has 2 unspecified atom stereocenters. The molecule has 2 aromatic rings. The summed E-state index contributed by atoms with van der Waals surface area (Å²) in [5, 5.41) is 19.3. The van der Waals surface area contributed by atoms with E-state index >= 15 is 0 Å². The fourth-order valence-electron chi connectivity index (χ4n) is 2.40. The van der Waals surface area contributed by atoms with Crippen LogP contribution in [0.25, 0.3) is 10.8 Å². The molecule has 0 fully saturated rings. The first-order valence-corrected chi connectivity index (χ1v) is 8.15. The SMILES string of the molecule is CC(C)CC(N)C(=O)O.NC(Cc1cccc2ccccc12)C(=O)O. The van der Waals surface area contributed by atoms with Gasteiger partial charge in [0.25, 0.3) is 0 Å². The lowest BCUT2D eigenvalue weighted by Crippen LogP contribution is -2.32. The van der Waals surface area contributed by atoms with Crippen molar-refractivity contribution >= 4 is 22.7 Å². The Morgan fingerprint density at radius 3 is 2.00 bits per heavy atom. The molecule has 6 nitrogen and oxygen atoms in total. The van der Waals surface area contributed by atoms with E-state index in [4.69, 9.17) is 21.7 Å². The van der Waals surface area contributed by atoms with Crippen molar-refractivity contribution in [3.63, 3.8) is 0 Å². The second kappa shape index (κ2) is 9.76. The van der Waals surface area contributed by atoms with E-state index in [1.807, 2.05) is 56.3 Å². The third kappa shape index (κ3) is 6.91. The molecule has 0 heterocycles. The predicted octanol–water partition coefficient (Wildman–Crippen LogP) is 2.24. The van der Waals surface area contributed by atoms with Gasteiger partial charge < -0.3 is 21.7 Å². The molecule has 136 valence electrons. The van der Waals surface area contributed by atoms with Crippen LogP contribution in [0.1, 0.15) is 25.8 Å². The first-order valence-electron chi connectivity index (χ1n) is 8.15. The maximum Gasteiger partial charge on any atom is 0.320 e. The number of benzene rings is 2. The van der Waals surface area contributed by atoms with Gasteiger partial charge in [-0.1, -0.05) is 56.3 Å². The lowest BCUT2D eigenvalue weighted by atomic mass is 9.99. The summed E-state index contributed by atoms with van der Waals surface area (Å²) in [5.41, 5.74) is 11.7. The monoisotopic (exact) mass is 346 g/mol. The molecular weight excluding hydrogens is 320 g/mol. The first kappa shape index (κ1) is 20.6. The number of nitrogens with two attached hydrogens (primary N) is 2. The molecule has 2 atom stereocenters. The minimum Gasteiger partial charge on any atom is -0.480 e. The van der Waals surface area contributed by atoms with E-state index in [0.29, 0.717) is 18.8 Å². The molecule has 0 spiro atoms. The minimum atomic E-state index is -0.965. The molecule has 0 bridgehead atoms. The van der Waals surface area contributed by atoms with Crippen LogP contribution in [-0.2, 0) is 16.0 Å². The molecule has 0 radical (unpaired) electrons. The number of carboxylic acid groups (broad SMARTS) is 2. The summed E-state index contributed by atoms with van der Waals surface area (Å²) in [6.07, 6.45) is 0.909. The molecule has 6 N–H and O–H groups in total. The maximum absolute atomic E-state index is 10.7. The van der Waals surface area contributed by atoms with E-state index in [1.54, 1.807) is 0 Å². The van der Waals surface area contributed by atoms with E-state index in [9.17, 15) is 9.59 Å². The standard InChI is InChI=1S/C13H13NO2.C6H13NO2/c14-12(13(15)16)8-10-6-3-5-9-4-1-2-7-11(9)10;1-4(2)3-5(7)6(8)9/h1-7,12H,8,14H2,(H,15,16);4-5H,3,7H2,1-2H3,(H,8,9). The van der Waals surface area contributed by atoms with Crippen LogP contribution in [0.3, 0.4) is 0 Å². The van der Waals surface area contributed by atoms with E-state index in [0.717, 1.165) is 16.3 Å². The van der Waals surface area contributed by atoms with Crippen molar-refractivity contribution in [1.29, 1.82) is 0 Å². The Labute approximate surface area is 147 Å². The number of carboxylic acids is 2. The van der Waals surface area contributed by atoms with Crippen LogP contribution in [-0.4, -0.2) is 34.2 Å². The molecule has 2 aromatic carbocycles. The van der Waals surface area contributed by atoms with Crippen LogP contribution in [0.15, 0.2) is 42.5 Å². The fourth-order valence-corrected chi connectivity index (χ4v) is 2.40. The molecule has 0 aliphatic carbocycles. The summed E-state index contributed by atoms with van der Waals surface area (Å²) in [6, 6.07) is 12.2. The van der Waals surface area contributed by atoms with Gasteiger partial charge >= 0.3 is 11.9 Å². The summed E-state index contributed by atoms with van der Waals surface area (Å²) in [6.45, 7) is 3.89. The van der Waals surface area contributed by atoms with E-state index < -0.39 is 24.0 Å². The molecule has 25 heavy (non-hydrogen) atoms. The van der Waals surface area contributed by atoms with Crippen molar-refractivity contribution in [1.82, 2.24) is 0 Å². The van der Waals surface area contributed by atoms with Crippen LogP contribution in [0.4, 0.5) is 0 Å². The van der Waals surface area contributed by atoms with Crippen molar-refractivity contribution in [3.8, 4) is 0 Å². The highest BCUT2D eigenvalue weighted by molar-refractivity contribution is 5.86. The predicted molar refractivity (Wildman–Crippen MR) is 98.3 cm³/mol. The molecule has 0 aliphatic rings. The van der Waals surface area contributed by atoms with Gasteiger partial charge in [0.2, 0.25) is 0 Å². The van der Waals surface area contributed by atoms with Crippen molar-refractivity contribution in [2.75, 3.05) is 0 Å². The van der Waals surface area contributed by atoms with E-state index in [1.165, 1.54) is 0 Å². The van der Waals surface area contributed by atoms with Gasteiger partial charge in [-0.15, -0.1) is 0 Å². The van der Waals surface area contributed by atoms with E-state index in [2.05, 4.69) is 0 Å². The second-order valence-corrected chi connectivity index (χ2v) is 6.36. The molecule has 0 aliphatic heterocycles. The summed E-state index contributed by atoms with van der Waals surface area (Å²) in [4.78, 5) is 20.8. The average molecular weight is 346 g/mol. The number of rotatable bonds is 6. The van der Waals surface area contributed by atoms with Crippen LogP contribution in [0.5, 0.6) is 0 Å². The van der Waals surface area contributed by atoms with Crippen LogP contribution in [0, 0.1) is 5.92 Å². The summed E-state index contributed by atoms with van der Waals surface area (Å²) in [5.74, 6) is -1.52. The molecule has 0 aromatic heterocycles. The van der Waals surface area contributed by atoms with Gasteiger partial charge in [-0.3, -0.25) is 9.59 Å². The largest absolute Gasteiger partial charge is 0.480 e. The maximum atomic E-state index is 10.7. The Morgan fingerprint density at radius 2 is 1.48 bits per heavy atom. The Kier molecular flexibility index (Phi) is 8.04. The zero-order valence-corrected chi connectivity index (χ0v) is 14.6. The number of hydrogen-bond acceptors (Lipinski definition) is 4. The quantitative estimate of drug-likeness (QED) is 0.635. The second-order valence-electron chi connectivity index (χ2n) is 6.36. The fraction of sp³-hybridized carbons (Fsp3) is 0.368. The highest BCUT2D eigenvalue weighted by atomic mass is 16.4. The molecular formula is C19H26N2O4. The van der Waals surface area contributed by atoms with Crippen LogP contribution >= 0.6 is 0 Å². The molecule has 0 saturated heterocycles. The third-order valence-electron chi connectivity index (χ3n) is 3.68. The van der Waals surface area contributed by atoms with Gasteiger partial charge in [0.05, 0.1) is 0 Å². The smallest absolute Gasteiger partial charge is 0.320 e. The number of hydrogen-bond donors (Lipinski definition) is 4. The lowest BCUT2D eigenvalue weighted by Gasteiger charge is -2.09. The highest BCUT2D eigenvalue weighted by Gasteiger charge is 2.13. The average Bonchev–Trinajstić information content (AvgIpc) is 2.55. The Balaban J connectivity index is 0.000000299.